The van der Waals surface area contributed by atoms with Gasteiger partial charge in [-0.05, 0) is 51.5 Å². The number of nitrogens with zero attached hydrogens (tertiary/aromatic N) is 4. The highest BCUT2D eigenvalue weighted by molar-refractivity contribution is 7.07. The van der Waals surface area contributed by atoms with E-state index in [0.717, 1.165) is 30.2 Å². The SMILES string of the molecule is CCOC(=O)C1=C(C)N=c2sc(=Cc3ccc(N(CC)CC)o3)c(=O)n2C1c1ccc(N(C)C)cc1. The lowest BCUT2D eigenvalue weighted by atomic mass is 9.95. The molecule has 0 aliphatic carbocycles. The predicted molar refractivity (Wildman–Crippen MR) is 143 cm³/mol. The molecule has 0 fully saturated rings. The van der Waals surface area contributed by atoms with Crippen LogP contribution in [0.4, 0.5) is 11.6 Å². The summed E-state index contributed by atoms with van der Waals surface area (Å²) in [4.78, 5) is 36.0. The fraction of sp³-hybridized carbons (Fsp3) is 0.370. The number of ether oxygens (including phenoxy) is 1. The Labute approximate surface area is 214 Å². The van der Waals surface area contributed by atoms with Gasteiger partial charge < -0.3 is 19.0 Å². The molecule has 1 atom stereocenters. The molecule has 1 unspecified atom stereocenters. The van der Waals surface area contributed by atoms with Crippen LogP contribution in [0.5, 0.6) is 0 Å². The summed E-state index contributed by atoms with van der Waals surface area (Å²) in [6, 6.07) is 11.0. The van der Waals surface area contributed by atoms with Gasteiger partial charge in [-0.15, -0.1) is 0 Å². The molecule has 0 spiro atoms. The zero-order valence-electron chi connectivity index (χ0n) is 21.6. The molecule has 1 aliphatic rings. The van der Waals surface area contributed by atoms with E-state index in [1.807, 2.05) is 55.4 Å². The first-order valence-corrected chi connectivity index (χ1v) is 12.9. The first kappa shape index (κ1) is 25.5. The van der Waals surface area contributed by atoms with Crippen LogP contribution in [0.3, 0.4) is 0 Å². The van der Waals surface area contributed by atoms with Crippen molar-refractivity contribution in [2.75, 3.05) is 43.6 Å². The van der Waals surface area contributed by atoms with Crippen molar-refractivity contribution < 1.29 is 13.9 Å². The number of carbonyl (C=O) groups excluding carboxylic acids is 1. The van der Waals surface area contributed by atoms with Crippen LogP contribution in [0.2, 0.25) is 0 Å². The normalized spacial score (nSPS) is 15.5. The van der Waals surface area contributed by atoms with E-state index in [-0.39, 0.29) is 12.2 Å². The van der Waals surface area contributed by atoms with Gasteiger partial charge in [0.05, 0.1) is 28.5 Å². The van der Waals surface area contributed by atoms with Gasteiger partial charge in [0, 0.05) is 45.0 Å². The number of furan rings is 1. The Bertz CT molecular complexity index is 1460. The van der Waals surface area contributed by atoms with E-state index in [9.17, 15) is 9.59 Å². The summed E-state index contributed by atoms with van der Waals surface area (Å²) in [7, 11) is 3.93. The van der Waals surface area contributed by atoms with Gasteiger partial charge >= 0.3 is 5.97 Å². The number of allylic oxidation sites excluding steroid dienone is 1. The summed E-state index contributed by atoms with van der Waals surface area (Å²) in [6.07, 6.45) is 1.74. The summed E-state index contributed by atoms with van der Waals surface area (Å²) in [6.45, 7) is 9.58. The van der Waals surface area contributed by atoms with Crippen molar-refractivity contribution in [2.45, 2.75) is 33.7 Å². The van der Waals surface area contributed by atoms with Gasteiger partial charge in [0.1, 0.15) is 5.76 Å². The predicted octanol–water partition coefficient (Wildman–Crippen LogP) is 3.30. The zero-order valence-corrected chi connectivity index (χ0v) is 22.4. The van der Waals surface area contributed by atoms with Crippen molar-refractivity contribution in [3.8, 4) is 0 Å². The molecule has 0 N–H and O–H groups in total. The highest BCUT2D eigenvalue weighted by atomic mass is 32.1. The maximum Gasteiger partial charge on any atom is 0.338 e. The average molecular weight is 509 g/mol. The molecule has 3 heterocycles. The van der Waals surface area contributed by atoms with Gasteiger partial charge in [0.15, 0.2) is 10.7 Å². The Kier molecular flexibility index (Phi) is 7.49. The molecular weight excluding hydrogens is 476 g/mol. The number of anilines is 2. The van der Waals surface area contributed by atoms with Crippen molar-refractivity contribution in [3.63, 3.8) is 0 Å². The summed E-state index contributed by atoms with van der Waals surface area (Å²) in [5.41, 5.74) is 2.52. The van der Waals surface area contributed by atoms with Gasteiger partial charge in [0.25, 0.3) is 5.56 Å². The Morgan fingerprint density at radius 1 is 1.14 bits per heavy atom. The van der Waals surface area contributed by atoms with Crippen molar-refractivity contribution in [1.82, 2.24) is 4.57 Å². The van der Waals surface area contributed by atoms with Crippen LogP contribution in [-0.4, -0.2) is 44.3 Å². The molecular formula is C27H32N4O4S. The molecule has 190 valence electrons. The summed E-state index contributed by atoms with van der Waals surface area (Å²) in [5, 5.41) is 0. The number of hydrogen-bond acceptors (Lipinski definition) is 8. The Balaban J connectivity index is 1.87. The van der Waals surface area contributed by atoms with Gasteiger partial charge in [0.2, 0.25) is 0 Å². The average Bonchev–Trinajstić information content (AvgIpc) is 3.43. The number of benzene rings is 1. The van der Waals surface area contributed by atoms with Crippen LogP contribution >= 0.6 is 11.3 Å². The van der Waals surface area contributed by atoms with Crippen LogP contribution in [0, 0.1) is 0 Å². The number of rotatable bonds is 8. The fourth-order valence-corrected chi connectivity index (χ4v) is 5.34. The smallest absolute Gasteiger partial charge is 0.338 e. The van der Waals surface area contributed by atoms with E-state index in [4.69, 9.17) is 9.15 Å². The molecule has 0 amide bonds. The Hall–Kier alpha value is -3.59. The first-order valence-electron chi connectivity index (χ1n) is 12.1. The largest absolute Gasteiger partial charge is 0.463 e. The molecule has 1 aromatic carbocycles. The maximum atomic E-state index is 13.7. The lowest BCUT2D eigenvalue weighted by molar-refractivity contribution is -0.139. The second-order valence-electron chi connectivity index (χ2n) is 8.64. The van der Waals surface area contributed by atoms with Crippen LogP contribution in [0.15, 0.2) is 61.9 Å². The Morgan fingerprint density at radius 2 is 1.83 bits per heavy atom. The zero-order chi connectivity index (χ0) is 26.0. The van der Waals surface area contributed by atoms with E-state index in [0.29, 0.717) is 26.4 Å². The fourth-order valence-electron chi connectivity index (χ4n) is 4.32. The molecule has 2 aromatic heterocycles. The minimum Gasteiger partial charge on any atom is -0.463 e. The lowest BCUT2D eigenvalue weighted by Gasteiger charge is -2.25. The van der Waals surface area contributed by atoms with E-state index in [1.54, 1.807) is 24.5 Å². The van der Waals surface area contributed by atoms with E-state index < -0.39 is 12.0 Å². The monoisotopic (exact) mass is 508 g/mol. The highest BCUT2D eigenvalue weighted by Gasteiger charge is 2.33. The summed E-state index contributed by atoms with van der Waals surface area (Å²) < 4.78 is 13.4. The number of esters is 1. The standard InChI is InChI=1S/C27H32N4O4S/c1-7-30(8-2)22-15-14-20(35-22)16-21-25(32)31-24(18-10-12-19(13-11-18)29(5)6)23(26(33)34-9-3)17(4)28-27(31)36-21/h10-16,24H,7-9H2,1-6H3. The van der Waals surface area contributed by atoms with Crippen LogP contribution < -0.4 is 24.7 Å². The minimum atomic E-state index is -0.638. The summed E-state index contributed by atoms with van der Waals surface area (Å²) in [5.74, 6) is 0.887. The number of aromatic nitrogens is 1. The van der Waals surface area contributed by atoms with Crippen LogP contribution in [0.25, 0.3) is 6.08 Å². The van der Waals surface area contributed by atoms with E-state index in [1.165, 1.54) is 11.3 Å². The number of carbonyl (C=O) groups is 1. The molecule has 4 rings (SSSR count). The third kappa shape index (κ3) is 4.75. The minimum absolute atomic E-state index is 0.226. The molecule has 9 heteroatoms. The van der Waals surface area contributed by atoms with Crippen molar-refractivity contribution in [3.05, 3.63) is 78.7 Å². The quantitative estimate of drug-likeness (QED) is 0.435. The molecule has 0 radical (unpaired) electrons. The van der Waals surface area contributed by atoms with Gasteiger partial charge in [-0.25, -0.2) is 9.79 Å². The molecule has 0 saturated heterocycles. The topological polar surface area (TPSA) is 80.3 Å². The van der Waals surface area contributed by atoms with Crippen molar-refractivity contribution in [1.29, 1.82) is 0 Å². The van der Waals surface area contributed by atoms with Crippen molar-refractivity contribution >= 4 is 35.0 Å². The van der Waals surface area contributed by atoms with Crippen LogP contribution in [0.1, 0.15) is 45.1 Å². The third-order valence-corrected chi connectivity index (χ3v) is 7.19. The Morgan fingerprint density at radius 3 is 2.44 bits per heavy atom. The maximum absolute atomic E-state index is 13.7. The second kappa shape index (κ2) is 10.6. The molecule has 0 saturated carbocycles. The van der Waals surface area contributed by atoms with E-state index in [2.05, 4.69) is 23.7 Å². The van der Waals surface area contributed by atoms with Gasteiger partial charge in [-0.1, -0.05) is 23.5 Å². The van der Waals surface area contributed by atoms with Gasteiger partial charge in [-0.2, -0.15) is 0 Å². The molecule has 8 nitrogen and oxygen atoms in total. The molecule has 1 aliphatic heterocycles. The lowest BCUT2D eigenvalue weighted by Crippen LogP contribution is -2.39. The number of hydrogen-bond donors (Lipinski definition) is 0. The van der Waals surface area contributed by atoms with Gasteiger partial charge in [-0.3, -0.25) is 9.36 Å². The van der Waals surface area contributed by atoms with Crippen molar-refractivity contribution in [2.24, 2.45) is 4.99 Å². The first-order chi connectivity index (χ1) is 17.3. The number of fused-ring (bicyclic) bond motifs is 1. The second-order valence-corrected chi connectivity index (χ2v) is 9.65. The van der Waals surface area contributed by atoms with E-state index >= 15 is 0 Å². The third-order valence-electron chi connectivity index (χ3n) is 6.20. The molecule has 3 aromatic rings. The number of thiazole rings is 1. The highest BCUT2D eigenvalue weighted by Crippen LogP contribution is 2.31. The summed E-state index contributed by atoms with van der Waals surface area (Å²) >= 11 is 1.28. The molecule has 36 heavy (non-hydrogen) atoms. The molecule has 0 bridgehead atoms. The van der Waals surface area contributed by atoms with Crippen LogP contribution in [-0.2, 0) is 9.53 Å².